The molecule has 126 valence electrons. The average molecular weight is 359 g/mol. The molecular formula is C18H12ClFN2O3. The van der Waals surface area contributed by atoms with Crippen LogP contribution in [-0.2, 0) is 11.2 Å². The highest BCUT2D eigenvalue weighted by Gasteiger charge is 2.09. The molecule has 0 aliphatic carbocycles. The number of hydrogen-bond acceptors (Lipinski definition) is 4. The monoisotopic (exact) mass is 358 g/mol. The molecule has 3 aromatic rings. The first-order valence-corrected chi connectivity index (χ1v) is 7.66. The Labute approximate surface area is 147 Å². The average Bonchev–Trinajstić information content (AvgIpc) is 2.58. The molecule has 1 aromatic carbocycles. The van der Waals surface area contributed by atoms with Crippen LogP contribution in [-0.4, -0.2) is 21.0 Å². The van der Waals surface area contributed by atoms with Crippen molar-refractivity contribution < 1.29 is 19.0 Å². The van der Waals surface area contributed by atoms with E-state index in [1.54, 1.807) is 42.5 Å². The van der Waals surface area contributed by atoms with Crippen molar-refractivity contribution >= 4 is 17.6 Å². The number of aliphatic carboxylic acids is 1. The smallest absolute Gasteiger partial charge is 0.309 e. The number of rotatable bonds is 5. The maximum atomic E-state index is 13.7. The lowest BCUT2D eigenvalue weighted by atomic mass is 10.1. The van der Waals surface area contributed by atoms with Gasteiger partial charge in [-0.1, -0.05) is 17.7 Å². The first-order valence-electron chi connectivity index (χ1n) is 7.28. The van der Waals surface area contributed by atoms with Gasteiger partial charge in [-0.15, -0.1) is 0 Å². The minimum absolute atomic E-state index is 0.142. The van der Waals surface area contributed by atoms with Gasteiger partial charge in [-0.05, 0) is 42.5 Å². The summed E-state index contributed by atoms with van der Waals surface area (Å²) in [7, 11) is 0. The van der Waals surface area contributed by atoms with E-state index in [9.17, 15) is 9.18 Å². The summed E-state index contributed by atoms with van der Waals surface area (Å²) in [6, 6.07) is 13.1. The van der Waals surface area contributed by atoms with Gasteiger partial charge in [0.25, 0.3) is 5.88 Å². The predicted molar refractivity (Wildman–Crippen MR) is 90.3 cm³/mol. The van der Waals surface area contributed by atoms with Gasteiger partial charge in [0.15, 0.2) is 5.82 Å². The van der Waals surface area contributed by atoms with Crippen molar-refractivity contribution in [1.29, 1.82) is 0 Å². The van der Waals surface area contributed by atoms with Crippen molar-refractivity contribution in [3.63, 3.8) is 0 Å². The maximum Gasteiger partial charge on any atom is 0.309 e. The second kappa shape index (κ2) is 7.27. The molecule has 2 aromatic heterocycles. The maximum absolute atomic E-state index is 13.7. The highest BCUT2D eigenvalue weighted by Crippen LogP contribution is 2.26. The van der Waals surface area contributed by atoms with Crippen molar-refractivity contribution in [2.45, 2.75) is 6.42 Å². The van der Waals surface area contributed by atoms with Gasteiger partial charge in [0.2, 0.25) is 0 Å². The number of nitrogens with zero attached hydrogens (tertiary/aromatic N) is 2. The van der Waals surface area contributed by atoms with Gasteiger partial charge in [-0.2, -0.15) is 0 Å². The molecule has 0 fully saturated rings. The number of ether oxygens (including phenoxy) is 1. The minimum atomic E-state index is -0.939. The van der Waals surface area contributed by atoms with Crippen LogP contribution in [0.4, 0.5) is 4.39 Å². The molecule has 3 rings (SSSR count). The molecule has 0 bridgehead atoms. The summed E-state index contributed by atoms with van der Waals surface area (Å²) in [5.41, 5.74) is 1.89. The normalized spacial score (nSPS) is 10.5. The fraction of sp³-hybridized carbons (Fsp3) is 0.0556. The van der Waals surface area contributed by atoms with Gasteiger partial charge in [-0.25, -0.2) is 9.37 Å². The Kier molecular flexibility index (Phi) is 4.90. The zero-order valence-electron chi connectivity index (χ0n) is 12.8. The first kappa shape index (κ1) is 16.9. The number of pyridine rings is 2. The minimum Gasteiger partial charge on any atom is -0.481 e. The molecule has 5 nitrogen and oxygen atoms in total. The zero-order valence-corrected chi connectivity index (χ0v) is 13.6. The van der Waals surface area contributed by atoms with E-state index in [1.165, 1.54) is 6.20 Å². The third kappa shape index (κ3) is 4.30. The topological polar surface area (TPSA) is 72.3 Å². The van der Waals surface area contributed by atoms with E-state index in [2.05, 4.69) is 9.97 Å². The number of carboxylic acids is 1. The quantitative estimate of drug-likeness (QED) is 0.733. The summed E-state index contributed by atoms with van der Waals surface area (Å²) < 4.78 is 19.1. The van der Waals surface area contributed by atoms with Crippen molar-refractivity contribution in [1.82, 2.24) is 9.97 Å². The van der Waals surface area contributed by atoms with E-state index < -0.39 is 11.8 Å². The molecule has 0 unspecified atom stereocenters. The van der Waals surface area contributed by atoms with Gasteiger partial charge in [-0.3, -0.25) is 9.78 Å². The molecule has 0 spiro atoms. The number of aromatic nitrogens is 2. The summed E-state index contributed by atoms with van der Waals surface area (Å²) in [5.74, 6) is -1.36. The van der Waals surface area contributed by atoms with E-state index >= 15 is 0 Å². The third-order valence-electron chi connectivity index (χ3n) is 3.28. The zero-order chi connectivity index (χ0) is 17.8. The molecule has 0 atom stereocenters. The second-order valence-electron chi connectivity index (χ2n) is 5.15. The fourth-order valence-corrected chi connectivity index (χ4v) is 2.32. The van der Waals surface area contributed by atoms with Crippen molar-refractivity contribution in [3.05, 3.63) is 71.3 Å². The lowest BCUT2D eigenvalue weighted by Crippen LogP contribution is -2.02. The Hall–Kier alpha value is -2.99. The second-order valence-corrected chi connectivity index (χ2v) is 5.59. The Morgan fingerprint density at radius 3 is 2.64 bits per heavy atom. The largest absolute Gasteiger partial charge is 0.481 e. The summed E-state index contributed by atoms with van der Waals surface area (Å²) in [6.45, 7) is 0. The highest BCUT2D eigenvalue weighted by molar-refractivity contribution is 6.30. The molecule has 25 heavy (non-hydrogen) atoms. The van der Waals surface area contributed by atoms with Crippen LogP contribution in [0.5, 0.6) is 11.6 Å². The highest BCUT2D eigenvalue weighted by atomic mass is 35.5. The SMILES string of the molecule is O=C(O)Cc1cccc(-c2ccc(Oc3ncc(Cl)cc3F)cc2)n1. The molecule has 2 heterocycles. The summed E-state index contributed by atoms with van der Waals surface area (Å²) in [6.07, 6.45) is 1.16. The predicted octanol–water partition coefficient (Wildman–Crippen LogP) is 4.36. The molecule has 0 amide bonds. The molecule has 0 saturated heterocycles. The molecular weight excluding hydrogens is 347 g/mol. The van der Waals surface area contributed by atoms with E-state index in [1.807, 2.05) is 0 Å². The molecule has 0 aliphatic rings. The van der Waals surface area contributed by atoms with Crippen LogP contribution >= 0.6 is 11.6 Å². The number of carbonyl (C=O) groups is 1. The van der Waals surface area contributed by atoms with Crippen LogP contribution in [0.25, 0.3) is 11.3 Å². The Balaban J connectivity index is 1.79. The van der Waals surface area contributed by atoms with Gasteiger partial charge in [0.05, 0.1) is 22.8 Å². The number of benzene rings is 1. The first-order chi connectivity index (χ1) is 12.0. The Morgan fingerprint density at radius 1 is 1.20 bits per heavy atom. The van der Waals surface area contributed by atoms with Crippen LogP contribution in [0.3, 0.4) is 0 Å². The fourth-order valence-electron chi connectivity index (χ4n) is 2.18. The summed E-state index contributed by atoms with van der Waals surface area (Å²) in [4.78, 5) is 18.9. The van der Waals surface area contributed by atoms with Gasteiger partial charge < -0.3 is 9.84 Å². The van der Waals surface area contributed by atoms with Gasteiger partial charge >= 0.3 is 5.97 Å². The van der Waals surface area contributed by atoms with E-state index in [-0.39, 0.29) is 17.3 Å². The van der Waals surface area contributed by atoms with Crippen molar-refractivity contribution in [2.24, 2.45) is 0 Å². The lowest BCUT2D eigenvalue weighted by molar-refractivity contribution is -0.136. The summed E-state index contributed by atoms with van der Waals surface area (Å²) >= 11 is 5.65. The Bertz CT molecular complexity index is 916. The van der Waals surface area contributed by atoms with Gasteiger partial charge in [0, 0.05) is 11.8 Å². The lowest BCUT2D eigenvalue weighted by Gasteiger charge is -2.07. The summed E-state index contributed by atoms with van der Waals surface area (Å²) in [5, 5.41) is 9.03. The van der Waals surface area contributed by atoms with Crippen molar-refractivity contribution in [2.75, 3.05) is 0 Å². The number of halogens is 2. The molecule has 0 aliphatic heterocycles. The van der Waals surface area contributed by atoms with Crippen LogP contribution in [0.2, 0.25) is 5.02 Å². The van der Waals surface area contributed by atoms with E-state index in [0.717, 1.165) is 11.6 Å². The molecule has 0 radical (unpaired) electrons. The molecule has 7 heteroatoms. The van der Waals surface area contributed by atoms with E-state index in [4.69, 9.17) is 21.4 Å². The van der Waals surface area contributed by atoms with E-state index in [0.29, 0.717) is 17.1 Å². The van der Waals surface area contributed by atoms with Crippen LogP contribution in [0.15, 0.2) is 54.7 Å². The van der Waals surface area contributed by atoms with Gasteiger partial charge in [0.1, 0.15) is 5.75 Å². The van der Waals surface area contributed by atoms with Crippen LogP contribution in [0.1, 0.15) is 5.69 Å². The standard InChI is InChI=1S/C18H12ClFN2O3/c19-12-8-15(20)18(21-10-12)25-14-6-4-11(5-7-14)16-3-1-2-13(22-16)9-17(23)24/h1-8,10H,9H2,(H,23,24). The van der Waals surface area contributed by atoms with Crippen LogP contribution < -0.4 is 4.74 Å². The van der Waals surface area contributed by atoms with Crippen LogP contribution in [0, 0.1) is 5.82 Å². The third-order valence-corrected chi connectivity index (χ3v) is 3.48. The molecule has 0 saturated carbocycles. The number of hydrogen-bond donors (Lipinski definition) is 1. The van der Waals surface area contributed by atoms with Crippen molar-refractivity contribution in [3.8, 4) is 22.9 Å². The Morgan fingerprint density at radius 2 is 1.96 bits per heavy atom. The number of carboxylic acid groups (broad SMARTS) is 1. The molecule has 1 N–H and O–H groups in total.